The molecule has 0 radical (unpaired) electrons. The summed E-state index contributed by atoms with van der Waals surface area (Å²) in [6.45, 7) is 4.30. The molecule has 4 heterocycles. The van der Waals surface area contributed by atoms with Gasteiger partial charge in [-0.05, 0) is 56.3 Å². The highest BCUT2D eigenvalue weighted by Gasteiger charge is 2.29. The second-order valence-electron chi connectivity index (χ2n) is 8.86. The Morgan fingerprint density at radius 2 is 2.00 bits per heavy atom. The zero-order valence-corrected chi connectivity index (χ0v) is 20.6. The molecule has 1 amide bonds. The van der Waals surface area contributed by atoms with E-state index in [0.29, 0.717) is 23.5 Å². The monoisotopic (exact) mass is 501 g/mol. The highest BCUT2D eigenvalue weighted by atomic mass is 16.1. The highest BCUT2D eigenvalue weighted by Crippen LogP contribution is 2.34. The van der Waals surface area contributed by atoms with Crippen LogP contribution < -0.4 is 11.1 Å². The van der Waals surface area contributed by atoms with Crippen molar-refractivity contribution in [3.8, 4) is 35.4 Å². The summed E-state index contributed by atoms with van der Waals surface area (Å²) in [4.78, 5) is 28.5. The van der Waals surface area contributed by atoms with Crippen molar-refractivity contribution >= 4 is 23.2 Å². The minimum Gasteiger partial charge on any atom is -0.369 e. The van der Waals surface area contributed by atoms with Crippen molar-refractivity contribution < 1.29 is 4.79 Å². The number of nitrogens with one attached hydrogen (secondary N) is 1. The Bertz CT molecular complexity index is 1700. The quantitative estimate of drug-likeness (QED) is 0.396. The van der Waals surface area contributed by atoms with Crippen molar-refractivity contribution in [3.05, 3.63) is 71.2 Å². The van der Waals surface area contributed by atoms with Gasteiger partial charge < -0.3 is 11.1 Å². The van der Waals surface area contributed by atoms with Crippen LogP contribution in [-0.2, 0) is 0 Å². The summed E-state index contributed by atoms with van der Waals surface area (Å²) in [6, 6.07) is 13.9. The molecule has 3 N–H and O–H groups in total. The highest BCUT2D eigenvalue weighted by molar-refractivity contribution is 6.04. The van der Waals surface area contributed by atoms with Crippen LogP contribution in [0.3, 0.4) is 0 Å². The number of pyridine rings is 1. The zero-order chi connectivity index (χ0) is 26.6. The number of imidazole rings is 1. The SMILES string of the molecule is CC#CCN1CCC(c2nc(-c3ccc(C(=O)Nc4cc(C#N)ccn4)cc3C#N)n3c(N)nccc23)C1. The molecule has 10 nitrogen and oxygen atoms in total. The zero-order valence-electron chi connectivity index (χ0n) is 20.6. The third-order valence-corrected chi connectivity index (χ3v) is 6.52. The smallest absolute Gasteiger partial charge is 0.256 e. The first-order valence-electron chi connectivity index (χ1n) is 12.0. The molecule has 0 spiro atoms. The van der Waals surface area contributed by atoms with Gasteiger partial charge in [0.2, 0.25) is 5.95 Å². The van der Waals surface area contributed by atoms with E-state index in [1.807, 2.05) is 19.1 Å². The number of anilines is 2. The van der Waals surface area contributed by atoms with E-state index in [2.05, 4.69) is 38.1 Å². The first-order chi connectivity index (χ1) is 18.5. The van der Waals surface area contributed by atoms with Crippen molar-refractivity contribution in [2.45, 2.75) is 19.3 Å². The van der Waals surface area contributed by atoms with Crippen LogP contribution in [0.1, 0.15) is 46.4 Å². The molecule has 186 valence electrons. The molecule has 5 rings (SSSR count). The molecule has 1 unspecified atom stereocenters. The van der Waals surface area contributed by atoms with E-state index in [0.717, 1.165) is 30.7 Å². The van der Waals surface area contributed by atoms with Gasteiger partial charge in [-0.1, -0.05) is 5.92 Å². The van der Waals surface area contributed by atoms with Crippen LogP contribution >= 0.6 is 0 Å². The minimum atomic E-state index is -0.452. The van der Waals surface area contributed by atoms with E-state index in [4.69, 9.17) is 16.0 Å². The number of hydrogen-bond donors (Lipinski definition) is 2. The normalized spacial score (nSPS) is 14.9. The van der Waals surface area contributed by atoms with Crippen LogP contribution in [0.15, 0.2) is 48.8 Å². The molecule has 1 saturated heterocycles. The lowest BCUT2D eigenvalue weighted by atomic mass is 10.0. The molecule has 1 aliphatic heterocycles. The van der Waals surface area contributed by atoms with Gasteiger partial charge in [-0.2, -0.15) is 10.5 Å². The number of nitrogen functional groups attached to an aromatic ring is 1. The Kier molecular flexibility index (Phi) is 6.69. The standard InChI is InChI=1S/C28H23N9O/c1-2-3-11-36-12-8-20(17-36)25-23-7-10-33-28(31)37(23)26(35-25)22-5-4-19(14-21(22)16-30)27(38)34-24-13-18(15-29)6-9-32-24/h4-7,9-10,13-14,20H,8,11-12,17H2,1H3,(H2,31,33)(H,32,34,38). The Hall–Kier alpha value is -5.24. The van der Waals surface area contributed by atoms with E-state index >= 15 is 0 Å². The molecule has 3 aromatic heterocycles. The maximum Gasteiger partial charge on any atom is 0.256 e. The number of fused-ring (bicyclic) bond motifs is 1. The summed E-state index contributed by atoms with van der Waals surface area (Å²) in [5.74, 6) is 6.81. The summed E-state index contributed by atoms with van der Waals surface area (Å²) in [6.07, 6.45) is 4.03. The Morgan fingerprint density at radius 1 is 1.16 bits per heavy atom. The lowest BCUT2D eigenvalue weighted by Crippen LogP contribution is -2.20. The number of hydrogen-bond acceptors (Lipinski definition) is 8. The Morgan fingerprint density at radius 3 is 2.79 bits per heavy atom. The molecule has 1 fully saturated rings. The number of amides is 1. The molecule has 0 bridgehead atoms. The lowest BCUT2D eigenvalue weighted by molar-refractivity contribution is 0.102. The van der Waals surface area contributed by atoms with Crippen molar-refractivity contribution in [1.82, 2.24) is 24.3 Å². The van der Waals surface area contributed by atoms with Crippen molar-refractivity contribution in [1.29, 1.82) is 10.5 Å². The van der Waals surface area contributed by atoms with Crippen LogP contribution in [0.4, 0.5) is 11.8 Å². The van der Waals surface area contributed by atoms with Crippen molar-refractivity contribution in [2.75, 3.05) is 30.7 Å². The average molecular weight is 502 g/mol. The van der Waals surface area contributed by atoms with Crippen LogP contribution in [0.25, 0.3) is 16.9 Å². The Labute approximate surface area is 219 Å². The fraction of sp³-hybridized carbons (Fsp3) is 0.214. The summed E-state index contributed by atoms with van der Waals surface area (Å²) in [7, 11) is 0. The predicted octanol–water partition coefficient (Wildman–Crippen LogP) is 3.18. The van der Waals surface area contributed by atoms with Gasteiger partial charge in [0.25, 0.3) is 5.91 Å². The molecular formula is C28H23N9O. The molecule has 38 heavy (non-hydrogen) atoms. The molecule has 10 heteroatoms. The number of rotatable bonds is 5. The van der Waals surface area contributed by atoms with Crippen molar-refractivity contribution in [2.24, 2.45) is 0 Å². The van der Waals surface area contributed by atoms with Gasteiger partial charge in [0.05, 0.1) is 41.0 Å². The molecule has 1 aromatic carbocycles. The van der Waals surface area contributed by atoms with Crippen LogP contribution in [0, 0.1) is 34.5 Å². The number of benzene rings is 1. The van der Waals surface area contributed by atoms with E-state index in [9.17, 15) is 10.1 Å². The van der Waals surface area contributed by atoms with E-state index < -0.39 is 5.91 Å². The van der Waals surface area contributed by atoms with Gasteiger partial charge in [0.15, 0.2) is 0 Å². The van der Waals surface area contributed by atoms with Gasteiger partial charge in [0, 0.05) is 36.0 Å². The first kappa shape index (κ1) is 24.5. The lowest BCUT2D eigenvalue weighted by Gasteiger charge is -2.11. The van der Waals surface area contributed by atoms with E-state index in [1.165, 1.54) is 18.3 Å². The number of carbonyl (C=O) groups is 1. The maximum absolute atomic E-state index is 12.9. The van der Waals surface area contributed by atoms with Crippen LogP contribution in [0.5, 0.6) is 0 Å². The number of nitrogens with zero attached hydrogens (tertiary/aromatic N) is 7. The molecule has 0 aliphatic carbocycles. The van der Waals surface area contributed by atoms with E-state index in [1.54, 1.807) is 28.8 Å². The molecule has 0 saturated carbocycles. The minimum absolute atomic E-state index is 0.187. The molecule has 4 aromatic rings. The summed E-state index contributed by atoms with van der Waals surface area (Å²) < 4.78 is 1.76. The largest absolute Gasteiger partial charge is 0.369 e. The Balaban J connectivity index is 1.51. The topological polar surface area (TPSA) is 149 Å². The number of carbonyl (C=O) groups excluding carboxylic acids is 1. The fourth-order valence-electron chi connectivity index (χ4n) is 4.69. The van der Waals surface area contributed by atoms with Gasteiger partial charge in [-0.25, -0.2) is 15.0 Å². The van der Waals surface area contributed by atoms with Crippen LogP contribution in [-0.4, -0.2) is 49.8 Å². The molecule has 1 aliphatic rings. The van der Waals surface area contributed by atoms with Crippen LogP contribution in [0.2, 0.25) is 0 Å². The predicted molar refractivity (Wildman–Crippen MR) is 142 cm³/mol. The maximum atomic E-state index is 12.9. The second kappa shape index (κ2) is 10.4. The van der Waals surface area contributed by atoms with Gasteiger partial charge in [-0.3, -0.25) is 14.1 Å². The summed E-state index contributed by atoms with van der Waals surface area (Å²) in [5, 5.41) is 21.7. The van der Waals surface area contributed by atoms with Crippen molar-refractivity contribution in [3.63, 3.8) is 0 Å². The molecular weight excluding hydrogens is 478 g/mol. The first-order valence-corrected chi connectivity index (χ1v) is 12.0. The van der Waals surface area contributed by atoms with Gasteiger partial charge in [0.1, 0.15) is 11.6 Å². The number of aromatic nitrogens is 4. The number of nitrogens with two attached hydrogens (primary N) is 1. The fourth-order valence-corrected chi connectivity index (χ4v) is 4.69. The summed E-state index contributed by atoms with van der Waals surface area (Å²) >= 11 is 0. The third-order valence-electron chi connectivity index (χ3n) is 6.52. The molecule has 1 atom stereocenters. The number of nitriles is 2. The van der Waals surface area contributed by atoms with Gasteiger partial charge >= 0.3 is 0 Å². The third kappa shape index (κ3) is 4.62. The van der Waals surface area contributed by atoms with Gasteiger partial charge in [-0.15, -0.1) is 5.92 Å². The summed E-state index contributed by atoms with van der Waals surface area (Å²) in [5.41, 5.74) is 9.48. The average Bonchev–Trinajstić information content (AvgIpc) is 3.57. The second-order valence-corrected chi connectivity index (χ2v) is 8.86. The number of likely N-dealkylation sites (tertiary alicyclic amines) is 1. The van der Waals surface area contributed by atoms with E-state index in [-0.39, 0.29) is 28.8 Å².